The minimum atomic E-state index is -0.137. The molecule has 0 spiro atoms. The maximum absolute atomic E-state index is 14.1. The predicted molar refractivity (Wildman–Crippen MR) is 99.6 cm³/mol. The highest BCUT2D eigenvalue weighted by atomic mass is 19.1. The quantitative estimate of drug-likeness (QED) is 0.533. The van der Waals surface area contributed by atoms with Crippen LogP contribution in [0.15, 0.2) is 42.9 Å². The van der Waals surface area contributed by atoms with Crippen LogP contribution >= 0.6 is 0 Å². The summed E-state index contributed by atoms with van der Waals surface area (Å²) in [7, 11) is 0. The summed E-state index contributed by atoms with van der Waals surface area (Å²) in [5.74, 6) is 0.974. The van der Waals surface area contributed by atoms with Gasteiger partial charge in [-0.25, -0.2) is 14.4 Å². The van der Waals surface area contributed by atoms with E-state index < -0.39 is 0 Å². The Labute approximate surface area is 151 Å². The average molecular weight is 346 g/mol. The Balaban J connectivity index is 1.77. The van der Waals surface area contributed by atoms with Gasteiger partial charge in [0.25, 0.3) is 0 Å². The molecule has 5 rings (SSSR count). The average Bonchev–Trinajstić information content (AvgIpc) is 3.33. The summed E-state index contributed by atoms with van der Waals surface area (Å²) in [6.07, 6.45) is 7.95. The van der Waals surface area contributed by atoms with Crippen molar-refractivity contribution in [3.63, 3.8) is 0 Å². The molecule has 0 amide bonds. The van der Waals surface area contributed by atoms with E-state index in [9.17, 15) is 4.39 Å². The number of aryl methyl sites for hydroxylation is 3. The van der Waals surface area contributed by atoms with Gasteiger partial charge < -0.3 is 8.97 Å². The van der Waals surface area contributed by atoms with E-state index in [0.29, 0.717) is 11.1 Å². The SMILES string of the molecule is Cc1cc(-c2nc3n(c2-c2ccc4nccn4c2)CCC3)cc(C)c1F. The number of halogens is 1. The van der Waals surface area contributed by atoms with Crippen LogP contribution in [0.1, 0.15) is 23.4 Å². The van der Waals surface area contributed by atoms with Crippen LogP contribution in [0, 0.1) is 19.7 Å². The molecule has 0 radical (unpaired) electrons. The molecule has 4 aromatic rings. The van der Waals surface area contributed by atoms with Gasteiger partial charge >= 0.3 is 0 Å². The van der Waals surface area contributed by atoms with E-state index in [2.05, 4.69) is 21.8 Å². The van der Waals surface area contributed by atoms with Crippen LogP contribution in [0.4, 0.5) is 4.39 Å². The molecule has 0 bridgehead atoms. The van der Waals surface area contributed by atoms with Crippen molar-refractivity contribution in [2.75, 3.05) is 0 Å². The lowest BCUT2D eigenvalue weighted by molar-refractivity contribution is 0.609. The second kappa shape index (κ2) is 5.53. The molecule has 26 heavy (non-hydrogen) atoms. The van der Waals surface area contributed by atoms with Gasteiger partial charge in [-0.2, -0.15) is 0 Å². The van der Waals surface area contributed by atoms with E-state index in [0.717, 1.165) is 53.4 Å². The van der Waals surface area contributed by atoms with Gasteiger partial charge in [0, 0.05) is 42.7 Å². The fourth-order valence-electron chi connectivity index (χ4n) is 3.96. The summed E-state index contributed by atoms with van der Waals surface area (Å²) < 4.78 is 18.4. The van der Waals surface area contributed by atoms with Crippen LogP contribution in [0.2, 0.25) is 0 Å². The maximum atomic E-state index is 14.1. The van der Waals surface area contributed by atoms with Gasteiger partial charge in [-0.05, 0) is 55.7 Å². The van der Waals surface area contributed by atoms with Crippen molar-refractivity contribution in [3.8, 4) is 22.5 Å². The molecule has 0 saturated heterocycles. The van der Waals surface area contributed by atoms with Crippen LogP contribution in [0.3, 0.4) is 0 Å². The van der Waals surface area contributed by atoms with Crippen molar-refractivity contribution in [2.24, 2.45) is 0 Å². The number of hydrogen-bond acceptors (Lipinski definition) is 2. The van der Waals surface area contributed by atoms with Gasteiger partial charge in [-0.1, -0.05) is 0 Å². The number of aromatic nitrogens is 4. The molecule has 3 aromatic heterocycles. The highest BCUT2D eigenvalue weighted by molar-refractivity contribution is 5.80. The van der Waals surface area contributed by atoms with E-state index in [1.807, 2.05) is 42.6 Å². The Morgan fingerprint density at radius 2 is 1.88 bits per heavy atom. The van der Waals surface area contributed by atoms with Crippen molar-refractivity contribution < 1.29 is 4.39 Å². The van der Waals surface area contributed by atoms with Crippen LogP contribution in [-0.2, 0) is 13.0 Å². The molecule has 0 aliphatic carbocycles. The molecule has 0 N–H and O–H groups in total. The highest BCUT2D eigenvalue weighted by Gasteiger charge is 2.24. The summed E-state index contributed by atoms with van der Waals surface area (Å²) in [5.41, 5.74) is 6.36. The van der Waals surface area contributed by atoms with Gasteiger partial charge in [-0.15, -0.1) is 0 Å². The number of imidazole rings is 2. The smallest absolute Gasteiger partial charge is 0.136 e. The Kier molecular flexibility index (Phi) is 3.26. The molecule has 0 unspecified atom stereocenters. The largest absolute Gasteiger partial charge is 0.327 e. The van der Waals surface area contributed by atoms with E-state index >= 15 is 0 Å². The molecule has 1 aliphatic heterocycles. The molecular weight excluding hydrogens is 327 g/mol. The van der Waals surface area contributed by atoms with E-state index in [4.69, 9.17) is 4.98 Å². The standard InChI is InChI=1S/C21H19FN4/c1-13-10-16(11-14(2)19(13)22)20-21(26-8-3-4-18(26)24-20)15-5-6-17-23-7-9-25(17)12-15/h5-7,9-12H,3-4,8H2,1-2H3. The van der Waals surface area contributed by atoms with Crippen LogP contribution in [0.25, 0.3) is 28.2 Å². The number of nitrogens with zero attached hydrogens (tertiary/aromatic N) is 4. The Bertz CT molecular complexity index is 1130. The number of hydrogen-bond donors (Lipinski definition) is 0. The van der Waals surface area contributed by atoms with Crippen molar-refractivity contribution in [3.05, 3.63) is 65.6 Å². The van der Waals surface area contributed by atoms with E-state index in [1.165, 1.54) is 0 Å². The molecule has 4 heterocycles. The molecule has 5 heteroatoms. The zero-order valence-corrected chi connectivity index (χ0v) is 14.8. The first-order chi connectivity index (χ1) is 12.6. The van der Waals surface area contributed by atoms with Crippen LogP contribution < -0.4 is 0 Å². The lowest BCUT2D eigenvalue weighted by Crippen LogP contribution is -1.98. The fourth-order valence-corrected chi connectivity index (χ4v) is 3.96. The van der Waals surface area contributed by atoms with E-state index in [-0.39, 0.29) is 5.82 Å². The van der Waals surface area contributed by atoms with Gasteiger partial charge in [0.1, 0.15) is 17.3 Å². The highest BCUT2D eigenvalue weighted by Crippen LogP contribution is 2.36. The predicted octanol–water partition coefficient (Wildman–Crippen LogP) is 4.57. The Morgan fingerprint density at radius 3 is 2.69 bits per heavy atom. The first kappa shape index (κ1) is 15.3. The monoisotopic (exact) mass is 346 g/mol. The Hall–Kier alpha value is -2.95. The second-order valence-corrected chi connectivity index (χ2v) is 7.01. The fraction of sp³-hybridized carbons (Fsp3) is 0.238. The van der Waals surface area contributed by atoms with E-state index in [1.54, 1.807) is 6.20 Å². The molecule has 0 atom stereocenters. The minimum Gasteiger partial charge on any atom is -0.327 e. The van der Waals surface area contributed by atoms with Gasteiger partial charge in [0.2, 0.25) is 0 Å². The second-order valence-electron chi connectivity index (χ2n) is 7.01. The minimum absolute atomic E-state index is 0.137. The van der Waals surface area contributed by atoms with Gasteiger partial charge in [-0.3, -0.25) is 0 Å². The first-order valence-corrected chi connectivity index (χ1v) is 8.91. The third-order valence-electron chi connectivity index (χ3n) is 5.20. The number of fused-ring (bicyclic) bond motifs is 2. The summed E-state index contributed by atoms with van der Waals surface area (Å²) in [4.78, 5) is 9.26. The molecule has 1 aromatic carbocycles. The molecule has 0 fully saturated rings. The Morgan fingerprint density at radius 1 is 1.08 bits per heavy atom. The van der Waals surface area contributed by atoms with Crippen LogP contribution in [0.5, 0.6) is 0 Å². The van der Waals surface area contributed by atoms with Crippen molar-refractivity contribution in [1.29, 1.82) is 0 Å². The first-order valence-electron chi connectivity index (χ1n) is 8.91. The third kappa shape index (κ3) is 2.20. The molecule has 4 nitrogen and oxygen atoms in total. The van der Waals surface area contributed by atoms with Gasteiger partial charge in [0.05, 0.1) is 11.4 Å². The van der Waals surface area contributed by atoms with Crippen molar-refractivity contribution in [2.45, 2.75) is 33.2 Å². The third-order valence-corrected chi connectivity index (χ3v) is 5.20. The summed E-state index contributed by atoms with van der Waals surface area (Å²) in [6, 6.07) is 7.92. The lowest BCUT2D eigenvalue weighted by Gasteiger charge is -2.11. The topological polar surface area (TPSA) is 35.1 Å². The summed E-state index contributed by atoms with van der Waals surface area (Å²) in [6.45, 7) is 4.60. The van der Waals surface area contributed by atoms with Crippen molar-refractivity contribution >= 4 is 5.65 Å². The normalized spacial score (nSPS) is 13.5. The zero-order chi connectivity index (χ0) is 17.8. The summed E-state index contributed by atoms with van der Waals surface area (Å²) >= 11 is 0. The number of pyridine rings is 1. The maximum Gasteiger partial charge on any atom is 0.136 e. The lowest BCUT2D eigenvalue weighted by atomic mass is 10.0. The van der Waals surface area contributed by atoms with Crippen LogP contribution in [-0.4, -0.2) is 18.9 Å². The zero-order valence-electron chi connectivity index (χ0n) is 14.8. The van der Waals surface area contributed by atoms with Crippen molar-refractivity contribution in [1.82, 2.24) is 18.9 Å². The van der Waals surface area contributed by atoms with Gasteiger partial charge in [0.15, 0.2) is 0 Å². The number of benzene rings is 1. The molecular formula is C21H19FN4. The summed E-state index contributed by atoms with van der Waals surface area (Å²) in [5, 5.41) is 0. The number of rotatable bonds is 2. The molecule has 1 aliphatic rings. The molecule has 0 saturated carbocycles. The molecule has 130 valence electrons.